The monoisotopic (exact) mass is 286 g/mol. The maximum atomic E-state index is 12.6. The lowest BCUT2D eigenvalue weighted by molar-refractivity contribution is 0.0701. The SMILES string of the molecule is CC(C)C(C)N(C)C(=O)c1cc2ccccc2c(NN)n1. The Bertz CT molecular complexity index is 654. The Balaban J connectivity index is 2.44. The number of benzene rings is 1. The van der Waals surface area contributed by atoms with Crippen molar-refractivity contribution >= 4 is 22.5 Å². The summed E-state index contributed by atoms with van der Waals surface area (Å²) in [7, 11) is 1.80. The number of nitrogens with two attached hydrogens (primary N) is 1. The Hall–Kier alpha value is -2.14. The minimum absolute atomic E-state index is 0.0987. The molecule has 0 fully saturated rings. The fourth-order valence-corrected chi connectivity index (χ4v) is 2.23. The quantitative estimate of drug-likeness (QED) is 0.669. The topological polar surface area (TPSA) is 71.2 Å². The van der Waals surface area contributed by atoms with Crippen LogP contribution in [0.3, 0.4) is 0 Å². The minimum atomic E-state index is -0.0987. The van der Waals surface area contributed by atoms with Crippen molar-refractivity contribution in [2.75, 3.05) is 12.5 Å². The second-order valence-electron chi connectivity index (χ2n) is 5.62. The van der Waals surface area contributed by atoms with Gasteiger partial charge in [0.1, 0.15) is 11.5 Å². The Morgan fingerprint density at radius 2 is 1.95 bits per heavy atom. The van der Waals surface area contributed by atoms with E-state index in [1.807, 2.05) is 37.3 Å². The van der Waals surface area contributed by atoms with Gasteiger partial charge in [0.15, 0.2) is 0 Å². The molecule has 0 spiro atoms. The summed E-state index contributed by atoms with van der Waals surface area (Å²) < 4.78 is 0. The van der Waals surface area contributed by atoms with Gasteiger partial charge in [0.2, 0.25) is 0 Å². The molecule has 1 aromatic heterocycles. The predicted molar refractivity (Wildman–Crippen MR) is 85.9 cm³/mol. The molecule has 1 atom stereocenters. The molecule has 0 aliphatic rings. The Labute approximate surface area is 125 Å². The number of anilines is 1. The number of fused-ring (bicyclic) bond motifs is 1. The lowest BCUT2D eigenvalue weighted by Gasteiger charge is -2.27. The van der Waals surface area contributed by atoms with Crippen molar-refractivity contribution in [2.45, 2.75) is 26.8 Å². The van der Waals surface area contributed by atoms with Crippen LogP contribution in [0.4, 0.5) is 5.82 Å². The van der Waals surface area contributed by atoms with E-state index in [-0.39, 0.29) is 11.9 Å². The smallest absolute Gasteiger partial charge is 0.272 e. The number of rotatable bonds is 4. The van der Waals surface area contributed by atoms with Gasteiger partial charge < -0.3 is 10.3 Å². The van der Waals surface area contributed by atoms with Crippen molar-refractivity contribution in [2.24, 2.45) is 11.8 Å². The molecule has 5 heteroatoms. The molecular formula is C16H22N4O. The highest BCUT2D eigenvalue weighted by Crippen LogP contribution is 2.23. The van der Waals surface area contributed by atoms with Crippen molar-refractivity contribution in [1.29, 1.82) is 0 Å². The molecule has 1 heterocycles. The number of pyridine rings is 1. The molecule has 2 aromatic rings. The summed E-state index contributed by atoms with van der Waals surface area (Å²) in [6, 6.07) is 9.66. The second-order valence-corrected chi connectivity index (χ2v) is 5.62. The maximum absolute atomic E-state index is 12.6. The summed E-state index contributed by atoms with van der Waals surface area (Å²) in [4.78, 5) is 18.7. The summed E-state index contributed by atoms with van der Waals surface area (Å²) in [5, 5.41) is 1.84. The number of hydrazine groups is 1. The number of nitrogen functional groups attached to an aromatic ring is 1. The van der Waals surface area contributed by atoms with Gasteiger partial charge in [0, 0.05) is 18.5 Å². The van der Waals surface area contributed by atoms with Crippen molar-refractivity contribution in [1.82, 2.24) is 9.88 Å². The third-order valence-electron chi connectivity index (χ3n) is 3.99. The zero-order valence-corrected chi connectivity index (χ0v) is 12.9. The van der Waals surface area contributed by atoms with Crippen molar-refractivity contribution in [3.63, 3.8) is 0 Å². The number of nitrogens with one attached hydrogen (secondary N) is 1. The van der Waals surface area contributed by atoms with Crippen LogP contribution in [0.1, 0.15) is 31.3 Å². The lowest BCUT2D eigenvalue weighted by atomic mass is 10.0. The van der Waals surface area contributed by atoms with Crippen molar-refractivity contribution < 1.29 is 4.79 Å². The number of aromatic nitrogens is 1. The van der Waals surface area contributed by atoms with E-state index in [1.54, 1.807) is 11.9 Å². The van der Waals surface area contributed by atoms with Crippen LogP contribution in [0.2, 0.25) is 0 Å². The molecule has 3 N–H and O–H groups in total. The molecule has 1 amide bonds. The fourth-order valence-electron chi connectivity index (χ4n) is 2.23. The molecule has 2 rings (SSSR count). The Morgan fingerprint density at radius 3 is 2.57 bits per heavy atom. The van der Waals surface area contributed by atoms with Crippen LogP contribution in [0.15, 0.2) is 30.3 Å². The van der Waals surface area contributed by atoms with Crippen LogP contribution >= 0.6 is 0 Å². The normalized spacial score (nSPS) is 12.5. The molecule has 0 saturated carbocycles. The largest absolute Gasteiger partial charge is 0.337 e. The van der Waals surface area contributed by atoms with Crippen molar-refractivity contribution in [3.8, 4) is 0 Å². The van der Waals surface area contributed by atoms with E-state index in [0.717, 1.165) is 10.8 Å². The molecule has 1 unspecified atom stereocenters. The molecule has 0 aliphatic carbocycles. The summed E-state index contributed by atoms with van der Waals surface area (Å²) in [6.07, 6.45) is 0. The van der Waals surface area contributed by atoms with E-state index < -0.39 is 0 Å². The number of nitrogens with zero attached hydrogens (tertiary/aromatic N) is 2. The number of hydrogen-bond acceptors (Lipinski definition) is 4. The van der Waals surface area contributed by atoms with E-state index in [1.165, 1.54) is 0 Å². The second kappa shape index (κ2) is 6.10. The van der Waals surface area contributed by atoms with Crippen LogP contribution in [0.25, 0.3) is 10.8 Å². The molecule has 0 bridgehead atoms. The molecule has 5 nitrogen and oxygen atoms in total. The van der Waals surface area contributed by atoms with E-state index in [9.17, 15) is 4.79 Å². The zero-order chi connectivity index (χ0) is 15.6. The predicted octanol–water partition coefficient (Wildman–Crippen LogP) is 2.64. The molecular weight excluding hydrogens is 264 g/mol. The summed E-state index contributed by atoms with van der Waals surface area (Å²) in [5.41, 5.74) is 2.97. The van der Waals surface area contributed by atoms with Gasteiger partial charge in [-0.1, -0.05) is 38.1 Å². The zero-order valence-electron chi connectivity index (χ0n) is 12.9. The van der Waals surface area contributed by atoms with Gasteiger partial charge >= 0.3 is 0 Å². The summed E-state index contributed by atoms with van der Waals surface area (Å²) >= 11 is 0. The summed E-state index contributed by atoms with van der Waals surface area (Å²) in [6.45, 7) is 6.22. The van der Waals surface area contributed by atoms with Gasteiger partial charge in [-0.25, -0.2) is 10.8 Å². The van der Waals surface area contributed by atoms with E-state index in [2.05, 4.69) is 24.3 Å². The Morgan fingerprint density at radius 1 is 1.29 bits per heavy atom. The van der Waals surface area contributed by atoms with Crippen LogP contribution in [0.5, 0.6) is 0 Å². The molecule has 1 aromatic carbocycles. The van der Waals surface area contributed by atoms with Crippen LogP contribution < -0.4 is 11.3 Å². The van der Waals surface area contributed by atoms with Crippen LogP contribution in [0, 0.1) is 5.92 Å². The standard InChI is InChI=1S/C16H22N4O/c1-10(2)11(3)20(4)16(21)14-9-12-7-5-6-8-13(12)15(18-14)19-17/h5-11H,17H2,1-4H3,(H,18,19). The number of carbonyl (C=O) groups excluding carboxylic acids is 1. The molecule has 0 radical (unpaired) electrons. The molecule has 0 aliphatic heterocycles. The minimum Gasteiger partial charge on any atom is -0.337 e. The molecule has 112 valence electrons. The van der Waals surface area contributed by atoms with Gasteiger partial charge in [-0.3, -0.25) is 4.79 Å². The number of amides is 1. The molecule has 0 saturated heterocycles. The first kappa shape index (κ1) is 15.3. The van der Waals surface area contributed by atoms with Gasteiger partial charge in [-0.2, -0.15) is 0 Å². The fraction of sp³-hybridized carbons (Fsp3) is 0.375. The maximum Gasteiger partial charge on any atom is 0.272 e. The molecule has 21 heavy (non-hydrogen) atoms. The average Bonchev–Trinajstić information content (AvgIpc) is 2.51. The highest BCUT2D eigenvalue weighted by atomic mass is 16.2. The van der Waals surface area contributed by atoms with Crippen molar-refractivity contribution in [3.05, 3.63) is 36.0 Å². The van der Waals surface area contributed by atoms with Gasteiger partial charge in [0.05, 0.1) is 0 Å². The Kier molecular flexibility index (Phi) is 4.43. The first-order chi connectivity index (χ1) is 9.95. The number of hydrogen-bond donors (Lipinski definition) is 2. The van der Waals surface area contributed by atoms with Gasteiger partial charge in [0.25, 0.3) is 5.91 Å². The third-order valence-corrected chi connectivity index (χ3v) is 3.99. The van der Waals surface area contributed by atoms with Crippen LogP contribution in [-0.2, 0) is 0 Å². The lowest BCUT2D eigenvalue weighted by Crippen LogP contribution is -2.38. The third kappa shape index (κ3) is 2.97. The van der Waals surface area contributed by atoms with Gasteiger partial charge in [-0.05, 0) is 24.3 Å². The van der Waals surface area contributed by atoms with E-state index in [4.69, 9.17) is 5.84 Å². The average molecular weight is 286 g/mol. The summed E-state index contributed by atoms with van der Waals surface area (Å²) in [5.74, 6) is 6.33. The van der Waals surface area contributed by atoms with E-state index >= 15 is 0 Å². The first-order valence-electron chi connectivity index (χ1n) is 7.09. The first-order valence-corrected chi connectivity index (χ1v) is 7.09. The van der Waals surface area contributed by atoms with E-state index in [0.29, 0.717) is 17.4 Å². The highest BCUT2D eigenvalue weighted by Gasteiger charge is 2.21. The number of carbonyl (C=O) groups is 1. The highest BCUT2D eigenvalue weighted by molar-refractivity contribution is 6.00. The van der Waals surface area contributed by atoms with Crippen LogP contribution in [-0.4, -0.2) is 28.9 Å². The van der Waals surface area contributed by atoms with Gasteiger partial charge in [-0.15, -0.1) is 0 Å².